The van der Waals surface area contributed by atoms with Crippen LogP contribution in [0.2, 0.25) is 0 Å². The highest BCUT2D eigenvalue weighted by atomic mass is 19.1. The largest absolute Gasteiger partial charge is 0.495 e. The van der Waals surface area contributed by atoms with Gasteiger partial charge in [-0.1, -0.05) is 19.3 Å². The van der Waals surface area contributed by atoms with Crippen molar-refractivity contribution in [3.8, 4) is 5.75 Å². The summed E-state index contributed by atoms with van der Waals surface area (Å²) in [4.78, 5) is 2.17. The molecule has 1 aromatic carbocycles. The number of halogens is 1. The van der Waals surface area contributed by atoms with E-state index in [9.17, 15) is 4.39 Å². The van der Waals surface area contributed by atoms with Gasteiger partial charge in [0.1, 0.15) is 11.6 Å². The van der Waals surface area contributed by atoms with E-state index in [0.717, 1.165) is 11.4 Å². The summed E-state index contributed by atoms with van der Waals surface area (Å²) in [7, 11) is 3.67. The Kier molecular flexibility index (Phi) is 3.87. The maximum absolute atomic E-state index is 13.3. The molecular weight excluding hydrogens is 217 g/mol. The third-order valence-corrected chi connectivity index (χ3v) is 3.64. The van der Waals surface area contributed by atoms with Crippen molar-refractivity contribution in [2.75, 3.05) is 19.1 Å². The van der Waals surface area contributed by atoms with Gasteiger partial charge in [0.15, 0.2) is 0 Å². The molecule has 94 valence electrons. The van der Waals surface area contributed by atoms with Crippen molar-refractivity contribution in [2.24, 2.45) is 0 Å². The van der Waals surface area contributed by atoms with Gasteiger partial charge in [0.05, 0.1) is 12.8 Å². The predicted octanol–water partition coefficient (Wildman–Crippen LogP) is 3.60. The Morgan fingerprint density at radius 1 is 1.24 bits per heavy atom. The Morgan fingerprint density at radius 2 is 1.94 bits per heavy atom. The van der Waals surface area contributed by atoms with E-state index >= 15 is 0 Å². The zero-order chi connectivity index (χ0) is 12.3. The van der Waals surface area contributed by atoms with Gasteiger partial charge in [0.2, 0.25) is 0 Å². The highest BCUT2D eigenvalue weighted by Crippen LogP contribution is 2.33. The molecule has 0 unspecified atom stereocenters. The minimum atomic E-state index is -0.205. The highest BCUT2D eigenvalue weighted by molar-refractivity contribution is 5.58. The molecule has 3 heteroatoms. The first-order chi connectivity index (χ1) is 8.22. The lowest BCUT2D eigenvalue weighted by atomic mass is 9.94. The van der Waals surface area contributed by atoms with Crippen LogP contribution in [0.5, 0.6) is 5.75 Å². The van der Waals surface area contributed by atoms with Crippen LogP contribution in [0.4, 0.5) is 10.1 Å². The summed E-state index contributed by atoms with van der Waals surface area (Å²) in [6, 6.07) is 5.22. The second-order valence-corrected chi connectivity index (χ2v) is 4.72. The van der Waals surface area contributed by atoms with Crippen molar-refractivity contribution < 1.29 is 9.13 Å². The minimum Gasteiger partial charge on any atom is -0.495 e. The van der Waals surface area contributed by atoms with Crippen molar-refractivity contribution in [3.05, 3.63) is 24.0 Å². The molecule has 17 heavy (non-hydrogen) atoms. The molecule has 1 fully saturated rings. The van der Waals surface area contributed by atoms with Crippen LogP contribution in [-0.4, -0.2) is 20.2 Å². The van der Waals surface area contributed by atoms with Gasteiger partial charge in [0, 0.05) is 19.2 Å². The molecule has 0 spiro atoms. The SMILES string of the molecule is COc1ccc(F)cc1N(C)C1CCCCC1. The van der Waals surface area contributed by atoms with Crippen molar-refractivity contribution in [2.45, 2.75) is 38.1 Å². The highest BCUT2D eigenvalue weighted by Gasteiger charge is 2.20. The zero-order valence-corrected chi connectivity index (χ0v) is 10.6. The predicted molar refractivity (Wildman–Crippen MR) is 68.2 cm³/mol. The molecule has 0 heterocycles. The van der Waals surface area contributed by atoms with E-state index in [1.165, 1.54) is 38.2 Å². The minimum absolute atomic E-state index is 0.205. The van der Waals surface area contributed by atoms with Gasteiger partial charge >= 0.3 is 0 Å². The van der Waals surface area contributed by atoms with Crippen LogP contribution in [0.15, 0.2) is 18.2 Å². The monoisotopic (exact) mass is 237 g/mol. The summed E-state index contributed by atoms with van der Waals surface area (Å²) in [5.41, 5.74) is 0.861. The second-order valence-electron chi connectivity index (χ2n) is 4.72. The molecule has 0 radical (unpaired) electrons. The number of hydrogen-bond acceptors (Lipinski definition) is 2. The fraction of sp³-hybridized carbons (Fsp3) is 0.571. The summed E-state index contributed by atoms with van der Waals surface area (Å²) in [5.74, 6) is 0.544. The molecule has 2 nitrogen and oxygen atoms in total. The Balaban J connectivity index is 2.21. The van der Waals surface area contributed by atoms with Crippen LogP contribution >= 0.6 is 0 Å². The van der Waals surface area contributed by atoms with Gasteiger partial charge < -0.3 is 9.64 Å². The fourth-order valence-electron chi connectivity index (χ4n) is 2.60. The third-order valence-electron chi connectivity index (χ3n) is 3.64. The van der Waals surface area contributed by atoms with E-state index < -0.39 is 0 Å². The Labute approximate surface area is 102 Å². The van der Waals surface area contributed by atoms with E-state index in [4.69, 9.17) is 4.74 Å². The van der Waals surface area contributed by atoms with Crippen LogP contribution in [-0.2, 0) is 0 Å². The van der Waals surface area contributed by atoms with Gasteiger partial charge in [-0.15, -0.1) is 0 Å². The Bertz CT molecular complexity index is 374. The van der Waals surface area contributed by atoms with Gasteiger partial charge in [0.25, 0.3) is 0 Å². The molecule has 0 amide bonds. The lowest BCUT2D eigenvalue weighted by Crippen LogP contribution is -2.33. The first-order valence-corrected chi connectivity index (χ1v) is 6.28. The molecule has 1 aliphatic carbocycles. The Hall–Kier alpha value is -1.25. The number of rotatable bonds is 3. The van der Waals surface area contributed by atoms with Crippen LogP contribution in [0, 0.1) is 5.82 Å². The number of nitrogens with zero attached hydrogens (tertiary/aromatic N) is 1. The number of ether oxygens (including phenoxy) is 1. The second kappa shape index (κ2) is 5.39. The van der Waals surface area contributed by atoms with E-state index in [0.29, 0.717) is 6.04 Å². The number of benzene rings is 1. The number of hydrogen-bond donors (Lipinski definition) is 0. The fourth-order valence-corrected chi connectivity index (χ4v) is 2.60. The normalized spacial score (nSPS) is 16.9. The van der Waals surface area contributed by atoms with Crippen molar-refractivity contribution in [1.29, 1.82) is 0 Å². The summed E-state index contributed by atoms with van der Waals surface area (Å²) in [6.07, 6.45) is 6.25. The van der Waals surface area contributed by atoms with Crippen molar-refractivity contribution in [1.82, 2.24) is 0 Å². The lowest BCUT2D eigenvalue weighted by Gasteiger charge is -2.33. The lowest BCUT2D eigenvalue weighted by molar-refractivity contribution is 0.400. The zero-order valence-electron chi connectivity index (χ0n) is 10.6. The maximum atomic E-state index is 13.3. The molecular formula is C14H20FNO. The molecule has 0 N–H and O–H groups in total. The van der Waals surface area contributed by atoms with Crippen LogP contribution < -0.4 is 9.64 Å². The average molecular weight is 237 g/mol. The molecule has 0 bridgehead atoms. The number of anilines is 1. The molecule has 0 aromatic heterocycles. The first kappa shape index (κ1) is 12.2. The average Bonchev–Trinajstić information content (AvgIpc) is 2.39. The van der Waals surface area contributed by atoms with Gasteiger partial charge in [-0.25, -0.2) is 4.39 Å². The summed E-state index contributed by atoms with van der Waals surface area (Å²) in [6.45, 7) is 0. The topological polar surface area (TPSA) is 12.5 Å². The van der Waals surface area contributed by atoms with Gasteiger partial charge in [-0.3, -0.25) is 0 Å². The molecule has 0 atom stereocenters. The third kappa shape index (κ3) is 2.71. The van der Waals surface area contributed by atoms with E-state index in [1.54, 1.807) is 19.2 Å². The van der Waals surface area contributed by atoms with Crippen molar-refractivity contribution in [3.63, 3.8) is 0 Å². The summed E-state index contributed by atoms with van der Waals surface area (Å²) in [5, 5.41) is 0. The molecule has 1 aliphatic rings. The standard InChI is InChI=1S/C14H20FNO/c1-16(12-6-4-3-5-7-12)13-10-11(15)8-9-14(13)17-2/h8-10,12H,3-7H2,1-2H3. The molecule has 1 aromatic rings. The quantitative estimate of drug-likeness (QED) is 0.796. The molecule has 0 saturated heterocycles. The van der Waals surface area contributed by atoms with Crippen LogP contribution in [0.3, 0.4) is 0 Å². The summed E-state index contributed by atoms with van der Waals surface area (Å²) >= 11 is 0. The molecule has 0 aliphatic heterocycles. The Morgan fingerprint density at radius 3 is 2.59 bits per heavy atom. The van der Waals surface area contributed by atoms with Crippen LogP contribution in [0.25, 0.3) is 0 Å². The van der Waals surface area contributed by atoms with E-state index in [1.807, 2.05) is 7.05 Å². The van der Waals surface area contributed by atoms with Gasteiger partial charge in [-0.2, -0.15) is 0 Å². The molecule has 2 rings (SSSR count). The van der Waals surface area contributed by atoms with Crippen molar-refractivity contribution >= 4 is 5.69 Å². The van der Waals surface area contributed by atoms with E-state index in [-0.39, 0.29) is 5.82 Å². The first-order valence-electron chi connectivity index (χ1n) is 6.28. The van der Waals surface area contributed by atoms with Crippen LogP contribution in [0.1, 0.15) is 32.1 Å². The maximum Gasteiger partial charge on any atom is 0.142 e. The van der Waals surface area contributed by atoms with E-state index in [2.05, 4.69) is 4.90 Å². The smallest absolute Gasteiger partial charge is 0.142 e. The summed E-state index contributed by atoms with van der Waals surface area (Å²) < 4.78 is 18.6. The molecule has 1 saturated carbocycles. The number of methoxy groups -OCH3 is 1. The van der Waals surface area contributed by atoms with Gasteiger partial charge in [-0.05, 0) is 25.0 Å².